The average Bonchev–Trinajstić information content (AvgIpc) is 2.23. The molecule has 0 aliphatic rings. The lowest BCUT2D eigenvalue weighted by Gasteiger charge is -2.18. The first-order chi connectivity index (χ1) is 8.50. The lowest BCUT2D eigenvalue weighted by molar-refractivity contribution is -0.137. The zero-order valence-electron chi connectivity index (χ0n) is 10.1. The summed E-state index contributed by atoms with van der Waals surface area (Å²) in [6, 6.07) is 2.58. The maximum Gasteiger partial charge on any atom is 0.416 e. The first-order valence-electron chi connectivity index (χ1n) is 5.15. The van der Waals surface area contributed by atoms with Gasteiger partial charge in [-0.05, 0) is 23.8 Å². The first kappa shape index (κ1) is 15.4. The van der Waals surface area contributed by atoms with E-state index in [9.17, 15) is 26.3 Å². The molecule has 19 heavy (non-hydrogen) atoms. The molecule has 1 aromatic rings. The van der Waals surface area contributed by atoms with Gasteiger partial charge in [-0.25, -0.2) is 0 Å². The largest absolute Gasteiger partial charge is 0.416 e. The molecule has 0 heterocycles. The van der Waals surface area contributed by atoms with Gasteiger partial charge in [0.05, 0.1) is 5.56 Å². The molecule has 0 radical (unpaired) electrons. The van der Waals surface area contributed by atoms with Gasteiger partial charge in [-0.3, -0.25) is 0 Å². The van der Waals surface area contributed by atoms with Gasteiger partial charge in [0, 0.05) is 25.9 Å². The van der Waals surface area contributed by atoms with Crippen molar-refractivity contribution in [3.8, 4) is 0 Å². The van der Waals surface area contributed by atoms with E-state index in [-0.39, 0.29) is 17.3 Å². The van der Waals surface area contributed by atoms with E-state index in [4.69, 9.17) is 0 Å². The topological polar surface area (TPSA) is 3.24 Å². The van der Waals surface area contributed by atoms with Crippen molar-refractivity contribution < 1.29 is 26.3 Å². The Morgan fingerprint density at radius 1 is 1.00 bits per heavy atom. The average molecular weight is 283 g/mol. The summed E-state index contributed by atoms with van der Waals surface area (Å²) in [4.78, 5) is 1.32. The molecule has 0 spiro atoms. The number of halogens is 6. The van der Waals surface area contributed by atoms with Crippen molar-refractivity contribution in [3.63, 3.8) is 0 Å². The molecule has 0 aliphatic heterocycles. The molecule has 0 amide bonds. The van der Waals surface area contributed by atoms with Gasteiger partial charge in [0.2, 0.25) is 0 Å². The minimum atomic E-state index is -4.53. The number of anilines is 1. The molecular weight excluding hydrogens is 272 g/mol. The standard InChI is InChI=1S/C12H11F6N/c1-19(2)10-7-9(12(16,17)18)4-3-8(10)5-6-11(13,14)15/h3-7H,1-2H3/b6-5+. The third-order valence-electron chi connectivity index (χ3n) is 2.29. The van der Waals surface area contributed by atoms with Gasteiger partial charge >= 0.3 is 12.4 Å². The summed E-state index contributed by atoms with van der Waals surface area (Å²) >= 11 is 0. The van der Waals surface area contributed by atoms with Gasteiger partial charge in [-0.15, -0.1) is 0 Å². The molecule has 0 bridgehead atoms. The predicted molar refractivity (Wildman–Crippen MR) is 60.9 cm³/mol. The monoisotopic (exact) mass is 283 g/mol. The number of nitrogens with zero attached hydrogens (tertiary/aromatic N) is 1. The smallest absolute Gasteiger partial charge is 0.377 e. The summed E-state index contributed by atoms with van der Waals surface area (Å²) in [5, 5.41) is 0. The summed E-state index contributed by atoms with van der Waals surface area (Å²) < 4.78 is 73.8. The molecule has 0 aromatic heterocycles. The van der Waals surface area contributed by atoms with Gasteiger partial charge in [0.1, 0.15) is 0 Å². The summed E-state index contributed by atoms with van der Waals surface area (Å²) in [6.07, 6.45) is -8.30. The molecule has 0 saturated carbocycles. The Morgan fingerprint density at radius 3 is 2.00 bits per heavy atom. The van der Waals surface area contributed by atoms with Gasteiger partial charge in [-0.1, -0.05) is 6.07 Å². The highest BCUT2D eigenvalue weighted by molar-refractivity contribution is 5.68. The molecule has 0 fully saturated rings. The van der Waals surface area contributed by atoms with Crippen LogP contribution in [0.25, 0.3) is 6.08 Å². The highest BCUT2D eigenvalue weighted by atomic mass is 19.4. The van der Waals surface area contributed by atoms with E-state index in [2.05, 4.69) is 0 Å². The fourth-order valence-corrected chi connectivity index (χ4v) is 1.43. The number of alkyl halides is 6. The second-order valence-corrected chi connectivity index (χ2v) is 4.04. The number of rotatable bonds is 2. The molecule has 0 unspecified atom stereocenters. The summed E-state index contributed by atoms with van der Waals surface area (Å²) in [7, 11) is 2.92. The van der Waals surface area contributed by atoms with Crippen molar-refractivity contribution in [1.29, 1.82) is 0 Å². The van der Waals surface area contributed by atoms with E-state index in [1.54, 1.807) is 0 Å². The second kappa shape index (κ2) is 5.14. The van der Waals surface area contributed by atoms with E-state index in [1.807, 2.05) is 0 Å². The van der Waals surface area contributed by atoms with Crippen LogP contribution < -0.4 is 4.90 Å². The van der Waals surface area contributed by atoms with E-state index >= 15 is 0 Å². The van der Waals surface area contributed by atoms with Crippen molar-refractivity contribution in [3.05, 3.63) is 35.4 Å². The summed E-state index contributed by atoms with van der Waals surface area (Å²) in [6.45, 7) is 0. The normalized spacial score (nSPS) is 13.1. The van der Waals surface area contributed by atoms with Crippen molar-refractivity contribution in [2.75, 3.05) is 19.0 Å². The third-order valence-corrected chi connectivity index (χ3v) is 2.29. The Kier molecular flexibility index (Phi) is 4.17. The van der Waals surface area contributed by atoms with Crippen LogP contribution in [-0.4, -0.2) is 20.3 Å². The number of benzene rings is 1. The Bertz CT molecular complexity index is 470. The Hall–Kier alpha value is -1.66. The van der Waals surface area contributed by atoms with E-state index < -0.39 is 17.9 Å². The van der Waals surface area contributed by atoms with Gasteiger partial charge in [-0.2, -0.15) is 26.3 Å². The molecule has 106 valence electrons. The van der Waals surface area contributed by atoms with Crippen molar-refractivity contribution >= 4 is 11.8 Å². The van der Waals surface area contributed by atoms with Gasteiger partial charge in [0.25, 0.3) is 0 Å². The molecule has 7 heteroatoms. The lowest BCUT2D eigenvalue weighted by atomic mass is 10.1. The van der Waals surface area contributed by atoms with Crippen LogP contribution in [0.2, 0.25) is 0 Å². The van der Waals surface area contributed by atoms with Crippen molar-refractivity contribution in [2.45, 2.75) is 12.4 Å². The lowest BCUT2D eigenvalue weighted by Crippen LogP contribution is -2.13. The summed E-state index contributed by atoms with van der Waals surface area (Å²) in [5.41, 5.74) is -0.772. The highest BCUT2D eigenvalue weighted by Crippen LogP contribution is 2.33. The van der Waals surface area contributed by atoms with Crippen LogP contribution in [0.4, 0.5) is 32.0 Å². The van der Waals surface area contributed by atoms with Crippen LogP contribution in [-0.2, 0) is 6.18 Å². The zero-order valence-corrected chi connectivity index (χ0v) is 10.1. The molecule has 0 saturated heterocycles. The molecule has 0 atom stereocenters. The Labute approximate surface area is 106 Å². The van der Waals surface area contributed by atoms with Crippen molar-refractivity contribution in [1.82, 2.24) is 0 Å². The van der Waals surface area contributed by atoms with Crippen LogP contribution in [0, 0.1) is 0 Å². The molecule has 1 rings (SSSR count). The fourth-order valence-electron chi connectivity index (χ4n) is 1.43. The molecule has 1 nitrogen and oxygen atoms in total. The fraction of sp³-hybridized carbons (Fsp3) is 0.333. The SMILES string of the molecule is CN(C)c1cc(C(F)(F)F)ccc1/C=C/C(F)(F)F. The minimum Gasteiger partial charge on any atom is -0.377 e. The van der Waals surface area contributed by atoms with Crippen molar-refractivity contribution in [2.24, 2.45) is 0 Å². The Balaban J connectivity index is 3.24. The van der Waals surface area contributed by atoms with E-state index in [0.29, 0.717) is 0 Å². The van der Waals surface area contributed by atoms with E-state index in [1.165, 1.54) is 19.0 Å². The second-order valence-electron chi connectivity index (χ2n) is 4.04. The van der Waals surface area contributed by atoms with Crippen LogP contribution in [0.5, 0.6) is 0 Å². The predicted octanol–water partition coefficient (Wildman–Crippen LogP) is 4.35. The number of hydrogen-bond acceptors (Lipinski definition) is 1. The summed E-state index contributed by atoms with van der Waals surface area (Å²) in [5.74, 6) is 0. The molecular formula is C12H11F6N. The van der Waals surface area contributed by atoms with Crippen LogP contribution in [0.1, 0.15) is 11.1 Å². The molecule has 0 N–H and O–H groups in total. The molecule has 0 aliphatic carbocycles. The van der Waals surface area contributed by atoms with Crippen LogP contribution in [0.15, 0.2) is 24.3 Å². The maximum absolute atomic E-state index is 12.5. The van der Waals surface area contributed by atoms with Gasteiger partial charge in [0.15, 0.2) is 0 Å². The number of allylic oxidation sites excluding steroid dienone is 1. The van der Waals surface area contributed by atoms with Gasteiger partial charge < -0.3 is 4.90 Å². The maximum atomic E-state index is 12.5. The first-order valence-corrected chi connectivity index (χ1v) is 5.15. The minimum absolute atomic E-state index is 0.0113. The van der Waals surface area contributed by atoms with E-state index in [0.717, 1.165) is 24.3 Å². The quantitative estimate of drug-likeness (QED) is 0.729. The zero-order chi connectivity index (χ0) is 14.8. The van der Waals surface area contributed by atoms with Crippen LogP contribution in [0.3, 0.4) is 0 Å². The Morgan fingerprint density at radius 2 is 1.58 bits per heavy atom. The highest BCUT2D eigenvalue weighted by Gasteiger charge is 2.31. The third kappa shape index (κ3) is 4.50. The number of hydrogen-bond donors (Lipinski definition) is 0. The molecule has 1 aromatic carbocycles. The van der Waals surface area contributed by atoms with Crippen LogP contribution >= 0.6 is 0 Å².